The van der Waals surface area contributed by atoms with Crippen LogP contribution in [0, 0.1) is 11.8 Å². The molecule has 0 saturated carbocycles. The molecule has 3 nitrogen and oxygen atoms in total. The van der Waals surface area contributed by atoms with Crippen molar-refractivity contribution in [3.63, 3.8) is 0 Å². The van der Waals surface area contributed by atoms with Gasteiger partial charge in [-0.25, -0.2) is 4.79 Å². The van der Waals surface area contributed by atoms with Gasteiger partial charge in [0.15, 0.2) is 0 Å². The number of ether oxygens (including phenoxy) is 1. The molecule has 0 fully saturated rings. The molecule has 0 aliphatic carbocycles. The van der Waals surface area contributed by atoms with Gasteiger partial charge in [0, 0.05) is 18.1 Å². The molecule has 0 spiro atoms. The van der Waals surface area contributed by atoms with Crippen molar-refractivity contribution in [1.29, 1.82) is 0 Å². The Labute approximate surface area is 85.8 Å². The zero-order valence-electron chi connectivity index (χ0n) is 9.41. The van der Waals surface area contributed by atoms with Crippen LogP contribution >= 0.6 is 0 Å². The van der Waals surface area contributed by atoms with Crippen LogP contribution in [0.5, 0.6) is 0 Å². The van der Waals surface area contributed by atoms with Crippen molar-refractivity contribution in [2.75, 3.05) is 13.2 Å². The molecule has 0 amide bonds. The van der Waals surface area contributed by atoms with Gasteiger partial charge in [0.1, 0.15) is 0 Å². The monoisotopic (exact) mass is 200 g/mol. The molecule has 1 atom stereocenters. The zero-order valence-corrected chi connectivity index (χ0v) is 9.41. The zero-order chi connectivity index (χ0) is 11.1. The van der Waals surface area contributed by atoms with Gasteiger partial charge in [-0.3, -0.25) is 0 Å². The maximum Gasteiger partial charge on any atom is 0.333 e. The first-order valence-corrected chi connectivity index (χ1v) is 4.99. The van der Waals surface area contributed by atoms with Crippen molar-refractivity contribution in [2.45, 2.75) is 27.7 Å². The van der Waals surface area contributed by atoms with E-state index in [0.29, 0.717) is 18.1 Å². The number of hydrogen-bond donors (Lipinski definition) is 1. The third-order valence-corrected chi connectivity index (χ3v) is 2.13. The first-order chi connectivity index (χ1) is 6.52. The molecule has 0 aliphatic rings. The van der Waals surface area contributed by atoms with E-state index in [2.05, 4.69) is 0 Å². The van der Waals surface area contributed by atoms with Crippen LogP contribution in [0.2, 0.25) is 0 Å². The van der Waals surface area contributed by atoms with Gasteiger partial charge in [0.2, 0.25) is 0 Å². The molecule has 0 aromatic rings. The molecule has 3 heteroatoms. The second-order valence-corrected chi connectivity index (χ2v) is 3.66. The number of aliphatic hydroxyl groups excluding tert-OH is 1. The Morgan fingerprint density at radius 1 is 1.50 bits per heavy atom. The van der Waals surface area contributed by atoms with Crippen LogP contribution in [-0.2, 0) is 9.53 Å². The molecule has 0 aliphatic heterocycles. The summed E-state index contributed by atoms with van der Waals surface area (Å²) in [5, 5.41) is 9.06. The lowest BCUT2D eigenvalue weighted by Gasteiger charge is -2.14. The van der Waals surface area contributed by atoms with Crippen LogP contribution in [0.25, 0.3) is 0 Å². The lowest BCUT2D eigenvalue weighted by atomic mass is 9.94. The summed E-state index contributed by atoms with van der Waals surface area (Å²) in [4.78, 5) is 11.2. The lowest BCUT2D eigenvalue weighted by molar-refractivity contribution is -0.138. The summed E-state index contributed by atoms with van der Waals surface area (Å²) >= 11 is 0. The van der Waals surface area contributed by atoms with Crippen molar-refractivity contribution in [1.82, 2.24) is 0 Å². The van der Waals surface area contributed by atoms with E-state index < -0.39 is 0 Å². The minimum atomic E-state index is -0.299. The van der Waals surface area contributed by atoms with Crippen molar-refractivity contribution in [3.05, 3.63) is 11.6 Å². The molecule has 0 radical (unpaired) electrons. The minimum absolute atomic E-state index is 0.0272. The molecule has 0 aromatic heterocycles. The van der Waals surface area contributed by atoms with E-state index in [1.165, 1.54) is 0 Å². The van der Waals surface area contributed by atoms with Crippen LogP contribution < -0.4 is 0 Å². The third-order valence-electron chi connectivity index (χ3n) is 2.13. The molecule has 1 N–H and O–H groups in total. The maximum absolute atomic E-state index is 11.2. The fourth-order valence-electron chi connectivity index (χ4n) is 1.09. The molecular weight excluding hydrogens is 180 g/mol. The van der Waals surface area contributed by atoms with Gasteiger partial charge < -0.3 is 9.84 Å². The van der Waals surface area contributed by atoms with E-state index in [1.807, 2.05) is 13.8 Å². The van der Waals surface area contributed by atoms with Crippen molar-refractivity contribution in [3.8, 4) is 0 Å². The largest absolute Gasteiger partial charge is 0.463 e. The average Bonchev–Trinajstić information content (AvgIpc) is 2.13. The van der Waals surface area contributed by atoms with Gasteiger partial charge in [-0.15, -0.1) is 0 Å². The first kappa shape index (κ1) is 13.2. The van der Waals surface area contributed by atoms with Crippen LogP contribution in [-0.4, -0.2) is 24.3 Å². The predicted molar refractivity (Wildman–Crippen MR) is 55.8 cm³/mol. The quantitative estimate of drug-likeness (QED) is 0.543. The first-order valence-electron chi connectivity index (χ1n) is 4.99. The Morgan fingerprint density at radius 3 is 2.43 bits per heavy atom. The standard InChI is InChI=1S/C11H20O3/c1-5-14-11(13)9(4)6-10(7-12)8(2)3/h6,8,10,12H,5,7H2,1-4H3/b9-6+/t10-/m0/s1. The fourth-order valence-corrected chi connectivity index (χ4v) is 1.09. The number of esters is 1. The van der Waals surface area contributed by atoms with Gasteiger partial charge in [-0.2, -0.15) is 0 Å². The predicted octanol–water partition coefficient (Wildman–Crippen LogP) is 1.76. The lowest BCUT2D eigenvalue weighted by Crippen LogP contribution is -2.13. The number of carbonyl (C=O) groups is 1. The second kappa shape index (κ2) is 6.60. The van der Waals surface area contributed by atoms with Crippen LogP contribution in [0.15, 0.2) is 11.6 Å². The molecule has 82 valence electrons. The third kappa shape index (κ3) is 4.42. The smallest absolute Gasteiger partial charge is 0.333 e. The highest BCUT2D eigenvalue weighted by molar-refractivity contribution is 5.87. The van der Waals surface area contributed by atoms with Gasteiger partial charge >= 0.3 is 5.97 Å². The van der Waals surface area contributed by atoms with Crippen molar-refractivity contribution < 1.29 is 14.6 Å². The molecule has 0 heterocycles. The highest BCUT2D eigenvalue weighted by Gasteiger charge is 2.12. The summed E-state index contributed by atoms with van der Waals surface area (Å²) in [6.45, 7) is 7.95. The Hall–Kier alpha value is -0.830. The highest BCUT2D eigenvalue weighted by Crippen LogP contribution is 2.14. The Bertz CT molecular complexity index is 207. The van der Waals surface area contributed by atoms with Gasteiger partial charge in [0.25, 0.3) is 0 Å². The number of rotatable bonds is 5. The van der Waals surface area contributed by atoms with Crippen LogP contribution in [0.1, 0.15) is 27.7 Å². The summed E-state index contributed by atoms with van der Waals surface area (Å²) in [6, 6.07) is 0. The number of hydrogen-bond acceptors (Lipinski definition) is 3. The summed E-state index contributed by atoms with van der Waals surface area (Å²) in [5.74, 6) is 0.0513. The number of aliphatic hydroxyl groups is 1. The van der Waals surface area contributed by atoms with E-state index in [0.717, 1.165) is 0 Å². The maximum atomic E-state index is 11.2. The van der Waals surface area contributed by atoms with Crippen molar-refractivity contribution >= 4 is 5.97 Å². The molecule has 0 rings (SSSR count). The normalized spacial score (nSPS) is 14.3. The molecule has 0 unspecified atom stereocenters. The molecule has 0 saturated heterocycles. The summed E-state index contributed by atoms with van der Waals surface area (Å²) in [6.07, 6.45) is 1.78. The van der Waals surface area contributed by atoms with Crippen LogP contribution in [0.4, 0.5) is 0 Å². The average molecular weight is 200 g/mol. The Morgan fingerprint density at radius 2 is 2.07 bits per heavy atom. The topological polar surface area (TPSA) is 46.5 Å². The van der Waals surface area contributed by atoms with Gasteiger partial charge in [-0.1, -0.05) is 19.9 Å². The highest BCUT2D eigenvalue weighted by atomic mass is 16.5. The Kier molecular flexibility index (Phi) is 6.21. The second-order valence-electron chi connectivity index (χ2n) is 3.66. The van der Waals surface area contributed by atoms with Gasteiger partial charge in [-0.05, 0) is 19.8 Å². The molecule has 0 bridgehead atoms. The van der Waals surface area contributed by atoms with Gasteiger partial charge in [0.05, 0.1) is 6.61 Å². The summed E-state index contributed by atoms with van der Waals surface area (Å²) in [5.41, 5.74) is 0.569. The molecule has 0 aromatic carbocycles. The van der Waals surface area contributed by atoms with E-state index in [-0.39, 0.29) is 18.5 Å². The van der Waals surface area contributed by atoms with E-state index >= 15 is 0 Å². The molecule has 14 heavy (non-hydrogen) atoms. The molecular formula is C11H20O3. The SMILES string of the molecule is CCOC(=O)/C(C)=C/[C@@H](CO)C(C)C. The van der Waals surface area contributed by atoms with E-state index in [9.17, 15) is 4.79 Å². The van der Waals surface area contributed by atoms with Crippen molar-refractivity contribution in [2.24, 2.45) is 11.8 Å². The van der Waals surface area contributed by atoms with E-state index in [1.54, 1.807) is 19.9 Å². The fraction of sp³-hybridized carbons (Fsp3) is 0.727. The minimum Gasteiger partial charge on any atom is -0.463 e. The summed E-state index contributed by atoms with van der Waals surface area (Å²) in [7, 11) is 0. The Balaban J connectivity index is 4.39. The van der Waals surface area contributed by atoms with Crippen LogP contribution in [0.3, 0.4) is 0 Å². The summed E-state index contributed by atoms with van der Waals surface area (Å²) < 4.78 is 4.84. The van der Waals surface area contributed by atoms with E-state index in [4.69, 9.17) is 9.84 Å². The number of carbonyl (C=O) groups excluding carboxylic acids is 1.